The number of ether oxygens (including phenoxy) is 1. The zero-order valence-electron chi connectivity index (χ0n) is 11.0. The molecule has 3 nitrogen and oxygen atoms in total. The molecule has 0 aromatic heterocycles. The Bertz CT molecular complexity index is 441. The van der Waals surface area contributed by atoms with Crippen LogP contribution in [-0.4, -0.2) is 29.9 Å². The Morgan fingerprint density at radius 3 is 2.95 bits per heavy atom. The van der Waals surface area contributed by atoms with Crippen LogP contribution in [0, 0.1) is 11.6 Å². The van der Waals surface area contributed by atoms with Gasteiger partial charge in [0.15, 0.2) is 11.6 Å². The molecule has 106 valence electrons. The van der Waals surface area contributed by atoms with Crippen molar-refractivity contribution in [1.82, 2.24) is 5.32 Å². The zero-order valence-corrected chi connectivity index (χ0v) is 11.0. The van der Waals surface area contributed by atoms with E-state index < -0.39 is 11.6 Å². The van der Waals surface area contributed by atoms with Gasteiger partial charge in [0.25, 0.3) is 0 Å². The predicted molar refractivity (Wildman–Crippen MR) is 68.1 cm³/mol. The number of hydrogen-bond acceptors (Lipinski definition) is 3. The standard InChI is InChI=1S/C14H19F2NO2/c1-2-17-14(9-18)7-6-10(8-14)19-12-5-3-4-11(15)13(12)16/h3-5,10,17-18H,2,6-9H2,1H3. The molecule has 2 rings (SSSR count). The number of hydrogen-bond donors (Lipinski definition) is 2. The molecule has 0 bridgehead atoms. The largest absolute Gasteiger partial charge is 0.487 e. The van der Waals surface area contributed by atoms with Crippen LogP contribution >= 0.6 is 0 Å². The van der Waals surface area contributed by atoms with E-state index in [2.05, 4.69) is 5.32 Å². The minimum absolute atomic E-state index is 0.0202. The van der Waals surface area contributed by atoms with Gasteiger partial charge in [0.2, 0.25) is 5.82 Å². The molecule has 1 aliphatic carbocycles. The third-order valence-electron chi connectivity index (χ3n) is 3.63. The van der Waals surface area contributed by atoms with Gasteiger partial charge >= 0.3 is 0 Å². The van der Waals surface area contributed by atoms with Gasteiger partial charge in [-0.1, -0.05) is 13.0 Å². The van der Waals surface area contributed by atoms with E-state index in [4.69, 9.17) is 4.74 Å². The number of rotatable bonds is 5. The van der Waals surface area contributed by atoms with Gasteiger partial charge in [-0.05, 0) is 31.5 Å². The molecule has 0 saturated heterocycles. The van der Waals surface area contributed by atoms with E-state index in [9.17, 15) is 13.9 Å². The first-order chi connectivity index (χ1) is 9.10. The van der Waals surface area contributed by atoms with Crippen LogP contribution in [0.4, 0.5) is 8.78 Å². The van der Waals surface area contributed by atoms with Gasteiger partial charge in [0.05, 0.1) is 6.61 Å². The van der Waals surface area contributed by atoms with E-state index in [0.29, 0.717) is 12.8 Å². The van der Waals surface area contributed by atoms with Crippen molar-refractivity contribution >= 4 is 0 Å². The molecule has 1 saturated carbocycles. The maximum absolute atomic E-state index is 13.5. The fraction of sp³-hybridized carbons (Fsp3) is 0.571. The number of aliphatic hydroxyl groups excluding tert-OH is 1. The summed E-state index contributed by atoms with van der Waals surface area (Å²) >= 11 is 0. The Balaban J connectivity index is 2.04. The molecular weight excluding hydrogens is 252 g/mol. The molecule has 19 heavy (non-hydrogen) atoms. The van der Waals surface area contributed by atoms with Crippen LogP contribution in [0.2, 0.25) is 0 Å². The van der Waals surface area contributed by atoms with E-state index in [-0.39, 0.29) is 24.0 Å². The van der Waals surface area contributed by atoms with Crippen LogP contribution in [0.1, 0.15) is 26.2 Å². The van der Waals surface area contributed by atoms with Crippen molar-refractivity contribution < 1.29 is 18.6 Å². The van der Waals surface area contributed by atoms with Crippen molar-refractivity contribution in [3.05, 3.63) is 29.8 Å². The summed E-state index contributed by atoms with van der Waals surface area (Å²) in [6.07, 6.45) is 1.86. The second kappa shape index (κ2) is 5.84. The van der Waals surface area contributed by atoms with Gasteiger partial charge in [-0.3, -0.25) is 0 Å². The van der Waals surface area contributed by atoms with E-state index in [1.807, 2.05) is 6.92 Å². The van der Waals surface area contributed by atoms with Crippen molar-refractivity contribution in [2.45, 2.75) is 37.8 Å². The minimum atomic E-state index is -0.951. The molecule has 1 aromatic carbocycles. The Kier molecular flexibility index (Phi) is 4.37. The maximum Gasteiger partial charge on any atom is 0.200 e. The first-order valence-electron chi connectivity index (χ1n) is 6.57. The quantitative estimate of drug-likeness (QED) is 0.863. The molecule has 5 heteroatoms. The molecular formula is C14H19F2NO2. The third kappa shape index (κ3) is 3.04. The summed E-state index contributed by atoms with van der Waals surface area (Å²) < 4.78 is 32.1. The average molecular weight is 271 g/mol. The van der Waals surface area contributed by atoms with Crippen LogP contribution < -0.4 is 10.1 Å². The number of aliphatic hydroxyl groups is 1. The monoisotopic (exact) mass is 271 g/mol. The SMILES string of the molecule is CCNC1(CO)CCC(Oc2cccc(F)c2F)C1. The van der Waals surface area contributed by atoms with Gasteiger partial charge in [-0.15, -0.1) is 0 Å². The first-order valence-corrected chi connectivity index (χ1v) is 6.57. The summed E-state index contributed by atoms with van der Waals surface area (Å²) in [5.74, 6) is -1.92. The molecule has 1 fully saturated rings. The summed E-state index contributed by atoms with van der Waals surface area (Å²) in [6, 6.07) is 3.91. The number of halogens is 2. The topological polar surface area (TPSA) is 41.5 Å². The summed E-state index contributed by atoms with van der Waals surface area (Å²) in [6.45, 7) is 2.74. The number of likely N-dealkylation sites (N-methyl/N-ethyl adjacent to an activating group) is 1. The predicted octanol–water partition coefficient (Wildman–Crippen LogP) is 2.24. The van der Waals surface area contributed by atoms with Crippen molar-refractivity contribution in [2.24, 2.45) is 0 Å². The van der Waals surface area contributed by atoms with Crippen molar-refractivity contribution in [3.8, 4) is 5.75 Å². The molecule has 0 aliphatic heterocycles. The van der Waals surface area contributed by atoms with Gasteiger partial charge < -0.3 is 15.2 Å². The van der Waals surface area contributed by atoms with E-state index in [0.717, 1.165) is 19.0 Å². The van der Waals surface area contributed by atoms with Gasteiger partial charge in [-0.2, -0.15) is 4.39 Å². The molecule has 2 N–H and O–H groups in total. The van der Waals surface area contributed by atoms with Crippen LogP contribution in [0.5, 0.6) is 5.75 Å². The molecule has 0 heterocycles. The molecule has 0 spiro atoms. The molecule has 2 atom stereocenters. The lowest BCUT2D eigenvalue weighted by atomic mass is 9.99. The normalized spacial score (nSPS) is 26.6. The molecule has 0 amide bonds. The number of nitrogens with one attached hydrogen (secondary N) is 1. The summed E-state index contributed by atoms with van der Waals surface area (Å²) in [7, 11) is 0. The molecule has 2 unspecified atom stereocenters. The second-order valence-electron chi connectivity index (χ2n) is 5.00. The fourth-order valence-corrected chi connectivity index (χ4v) is 2.67. The van der Waals surface area contributed by atoms with Crippen molar-refractivity contribution in [2.75, 3.05) is 13.2 Å². The Morgan fingerprint density at radius 1 is 1.47 bits per heavy atom. The lowest BCUT2D eigenvalue weighted by Crippen LogP contribution is -2.46. The highest BCUT2D eigenvalue weighted by Crippen LogP contribution is 2.33. The Hall–Kier alpha value is -1.20. The Labute approximate surface area is 111 Å². The molecule has 1 aliphatic rings. The van der Waals surface area contributed by atoms with Crippen molar-refractivity contribution in [1.29, 1.82) is 0 Å². The smallest absolute Gasteiger partial charge is 0.200 e. The second-order valence-corrected chi connectivity index (χ2v) is 5.00. The van der Waals surface area contributed by atoms with E-state index >= 15 is 0 Å². The molecule has 0 radical (unpaired) electrons. The third-order valence-corrected chi connectivity index (χ3v) is 3.63. The minimum Gasteiger partial charge on any atom is -0.487 e. The Morgan fingerprint density at radius 2 is 2.26 bits per heavy atom. The summed E-state index contributed by atoms with van der Waals surface area (Å²) in [5.41, 5.74) is -0.358. The van der Waals surface area contributed by atoms with Crippen LogP contribution in [0.25, 0.3) is 0 Å². The number of benzene rings is 1. The van der Waals surface area contributed by atoms with E-state index in [1.165, 1.54) is 12.1 Å². The van der Waals surface area contributed by atoms with Gasteiger partial charge in [0.1, 0.15) is 6.10 Å². The van der Waals surface area contributed by atoms with Crippen molar-refractivity contribution in [3.63, 3.8) is 0 Å². The first kappa shape index (κ1) is 14.2. The average Bonchev–Trinajstić information content (AvgIpc) is 2.79. The summed E-state index contributed by atoms with van der Waals surface area (Å²) in [4.78, 5) is 0. The van der Waals surface area contributed by atoms with Gasteiger partial charge in [-0.25, -0.2) is 4.39 Å². The zero-order chi connectivity index (χ0) is 13.9. The van der Waals surface area contributed by atoms with Crippen LogP contribution in [-0.2, 0) is 0 Å². The van der Waals surface area contributed by atoms with Crippen LogP contribution in [0.3, 0.4) is 0 Å². The highest BCUT2D eigenvalue weighted by molar-refractivity contribution is 5.25. The fourth-order valence-electron chi connectivity index (χ4n) is 2.67. The molecule has 1 aromatic rings. The highest BCUT2D eigenvalue weighted by Gasteiger charge is 2.39. The van der Waals surface area contributed by atoms with Gasteiger partial charge in [0, 0.05) is 12.0 Å². The maximum atomic E-state index is 13.5. The lowest BCUT2D eigenvalue weighted by molar-refractivity contribution is 0.139. The summed E-state index contributed by atoms with van der Waals surface area (Å²) in [5, 5.41) is 12.7. The van der Waals surface area contributed by atoms with E-state index in [1.54, 1.807) is 0 Å². The van der Waals surface area contributed by atoms with Crippen LogP contribution in [0.15, 0.2) is 18.2 Å². The lowest BCUT2D eigenvalue weighted by Gasteiger charge is -2.27. The highest BCUT2D eigenvalue weighted by atomic mass is 19.2.